The lowest BCUT2D eigenvalue weighted by atomic mass is 10.1. The molecule has 6 heteroatoms. The lowest BCUT2D eigenvalue weighted by Crippen LogP contribution is -1.94. The number of aliphatic hydroxyl groups excluding tert-OH is 2. The molecule has 0 radical (unpaired) electrons. The summed E-state index contributed by atoms with van der Waals surface area (Å²) in [6.45, 7) is 4.50. The van der Waals surface area contributed by atoms with Crippen LogP contribution < -0.4 is 0 Å². The first-order valence-corrected chi connectivity index (χ1v) is 8.11. The molecule has 4 N–H and O–H groups in total. The van der Waals surface area contributed by atoms with Gasteiger partial charge in [0.05, 0.1) is 0 Å². The number of aliphatic carboxylic acids is 2. The monoisotopic (exact) mass is 322 g/mol. The number of aliphatic hydroxyl groups is 2. The summed E-state index contributed by atoms with van der Waals surface area (Å²) >= 11 is 0. The van der Waals surface area contributed by atoms with Crippen LogP contribution >= 0.6 is 0 Å². The van der Waals surface area contributed by atoms with E-state index in [0.717, 1.165) is 51.4 Å². The van der Waals surface area contributed by atoms with Crippen molar-refractivity contribution >= 4 is 11.9 Å². The summed E-state index contributed by atoms with van der Waals surface area (Å²) in [5.74, 6) is -1.48. The lowest BCUT2D eigenvalue weighted by molar-refractivity contribution is -0.138. The molecule has 0 saturated heterocycles. The van der Waals surface area contributed by atoms with Crippen molar-refractivity contribution in [2.24, 2.45) is 0 Å². The first-order valence-electron chi connectivity index (χ1n) is 8.11. The highest BCUT2D eigenvalue weighted by Gasteiger charge is 1.98. The van der Waals surface area contributed by atoms with E-state index in [1.165, 1.54) is 0 Å². The predicted octanol–water partition coefficient (Wildman–Crippen LogP) is 3.05. The second-order valence-electron chi connectivity index (χ2n) is 4.86. The molecule has 0 bridgehead atoms. The zero-order chi connectivity index (χ0) is 17.6. The van der Waals surface area contributed by atoms with E-state index in [1.54, 1.807) is 0 Å². The molecule has 0 aromatic rings. The van der Waals surface area contributed by atoms with E-state index in [4.69, 9.17) is 20.4 Å². The minimum atomic E-state index is -0.740. The summed E-state index contributed by atoms with van der Waals surface area (Å²) < 4.78 is 0. The maximum atomic E-state index is 10.1. The van der Waals surface area contributed by atoms with Gasteiger partial charge in [-0.3, -0.25) is 9.59 Å². The van der Waals surface area contributed by atoms with Gasteiger partial charge in [0.25, 0.3) is 0 Å². The Morgan fingerprint density at radius 2 is 0.864 bits per heavy atom. The topological polar surface area (TPSA) is 115 Å². The Kier molecular flexibility index (Phi) is 29.1. The molecule has 0 aliphatic rings. The summed E-state index contributed by atoms with van der Waals surface area (Å²) in [5.41, 5.74) is 0. The maximum absolute atomic E-state index is 10.1. The highest BCUT2D eigenvalue weighted by molar-refractivity contribution is 5.66. The lowest BCUT2D eigenvalue weighted by Gasteiger charge is -1.98. The number of hydrogen-bond acceptors (Lipinski definition) is 4. The van der Waals surface area contributed by atoms with Gasteiger partial charge in [0.1, 0.15) is 0 Å². The molecule has 134 valence electrons. The van der Waals surface area contributed by atoms with Crippen molar-refractivity contribution in [2.45, 2.75) is 78.1 Å². The van der Waals surface area contributed by atoms with Gasteiger partial charge in [0, 0.05) is 26.1 Å². The molecular weight excluding hydrogens is 288 g/mol. The Bertz CT molecular complexity index is 203. The Morgan fingerprint density at radius 3 is 1.05 bits per heavy atom. The van der Waals surface area contributed by atoms with Crippen LogP contribution in [-0.4, -0.2) is 45.6 Å². The zero-order valence-electron chi connectivity index (χ0n) is 14.1. The second-order valence-corrected chi connectivity index (χ2v) is 4.86. The molecule has 0 fully saturated rings. The number of rotatable bonds is 11. The number of carbonyl (C=O) groups is 2. The highest BCUT2D eigenvalue weighted by Crippen LogP contribution is 2.08. The van der Waals surface area contributed by atoms with Crippen LogP contribution in [0.4, 0.5) is 0 Å². The van der Waals surface area contributed by atoms with E-state index in [0.29, 0.717) is 13.2 Å². The van der Waals surface area contributed by atoms with Gasteiger partial charge in [-0.15, -0.1) is 0 Å². The fourth-order valence-electron chi connectivity index (χ4n) is 1.26. The van der Waals surface area contributed by atoms with Crippen LogP contribution in [0, 0.1) is 0 Å². The molecule has 0 rings (SSSR count). The van der Waals surface area contributed by atoms with Crippen molar-refractivity contribution in [2.75, 3.05) is 13.2 Å². The van der Waals surface area contributed by atoms with Crippen molar-refractivity contribution < 1.29 is 30.0 Å². The quantitative estimate of drug-likeness (QED) is 0.435. The molecule has 0 aromatic carbocycles. The molecule has 0 saturated carbocycles. The molecule has 0 aliphatic carbocycles. The van der Waals surface area contributed by atoms with Crippen LogP contribution in [0.5, 0.6) is 0 Å². The first kappa shape index (κ1) is 25.8. The summed E-state index contributed by atoms with van der Waals surface area (Å²) in [6, 6.07) is 0. The van der Waals surface area contributed by atoms with E-state index in [9.17, 15) is 9.59 Å². The Morgan fingerprint density at radius 1 is 0.636 bits per heavy atom. The van der Waals surface area contributed by atoms with Crippen molar-refractivity contribution in [3.8, 4) is 0 Å². The zero-order valence-corrected chi connectivity index (χ0v) is 14.1. The first-order chi connectivity index (χ1) is 10.5. The third-order valence-corrected chi connectivity index (χ3v) is 2.48. The van der Waals surface area contributed by atoms with Gasteiger partial charge < -0.3 is 20.4 Å². The predicted molar refractivity (Wildman–Crippen MR) is 87.0 cm³/mol. The van der Waals surface area contributed by atoms with E-state index >= 15 is 0 Å². The molecular formula is C16H34O6. The van der Waals surface area contributed by atoms with Crippen LogP contribution in [0.3, 0.4) is 0 Å². The minimum absolute atomic E-state index is 0.245. The molecule has 22 heavy (non-hydrogen) atoms. The molecule has 6 nitrogen and oxygen atoms in total. The third kappa shape index (κ3) is 42.8. The number of carboxylic acid groups (broad SMARTS) is 2. The Hall–Kier alpha value is -1.14. The Balaban J connectivity index is -0.000000372. The standard InChI is InChI=1S/C10H18O4.2C3H8O/c11-9(12)7-5-3-1-2-4-6-8-10(13)14;2*1-2-3-4/h1-8H2,(H,11,12)(H,13,14);2*4H,2-3H2,1H3. The molecule has 0 heterocycles. The fraction of sp³-hybridized carbons (Fsp3) is 0.875. The van der Waals surface area contributed by atoms with Crippen LogP contribution in [0.2, 0.25) is 0 Å². The van der Waals surface area contributed by atoms with Gasteiger partial charge in [-0.05, 0) is 25.7 Å². The fourth-order valence-corrected chi connectivity index (χ4v) is 1.26. The molecule has 0 spiro atoms. The van der Waals surface area contributed by atoms with Gasteiger partial charge >= 0.3 is 11.9 Å². The molecule has 0 unspecified atom stereocenters. The average Bonchev–Trinajstić information content (AvgIpc) is 2.49. The van der Waals surface area contributed by atoms with Crippen molar-refractivity contribution in [1.29, 1.82) is 0 Å². The minimum Gasteiger partial charge on any atom is -0.481 e. The van der Waals surface area contributed by atoms with Crippen LogP contribution in [0.25, 0.3) is 0 Å². The smallest absolute Gasteiger partial charge is 0.303 e. The summed E-state index contributed by atoms with van der Waals surface area (Å²) in [7, 11) is 0. The largest absolute Gasteiger partial charge is 0.481 e. The van der Waals surface area contributed by atoms with Crippen molar-refractivity contribution in [3.05, 3.63) is 0 Å². The van der Waals surface area contributed by atoms with Gasteiger partial charge in [0.15, 0.2) is 0 Å². The Labute approximate surface area is 134 Å². The summed E-state index contributed by atoms with van der Waals surface area (Å²) in [5, 5.41) is 32.5. The summed E-state index contributed by atoms with van der Waals surface area (Å²) in [4.78, 5) is 20.3. The summed E-state index contributed by atoms with van der Waals surface area (Å²) in [6.07, 6.45) is 7.57. The number of unbranched alkanes of at least 4 members (excludes halogenated alkanes) is 5. The van der Waals surface area contributed by atoms with Gasteiger partial charge in [-0.1, -0.05) is 39.5 Å². The normalized spacial score (nSPS) is 9.09. The highest BCUT2D eigenvalue weighted by atomic mass is 16.4. The SMILES string of the molecule is CCCO.CCCO.O=C(O)CCCCCCCCC(=O)O. The van der Waals surface area contributed by atoms with E-state index in [1.807, 2.05) is 13.8 Å². The van der Waals surface area contributed by atoms with Crippen molar-refractivity contribution in [1.82, 2.24) is 0 Å². The molecule has 0 atom stereocenters. The average molecular weight is 322 g/mol. The van der Waals surface area contributed by atoms with Crippen LogP contribution in [-0.2, 0) is 9.59 Å². The van der Waals surface area contributed by atoms with E-state index in [2.05, 4.69) is 0 Å². The van der Waals surface area contributed by atoms with E-state index < -0.39 is 11.9 Å². The third-order valence-electron chi connectivity index (χ3n) is 2.48. The maximum Gasteiger partial charge on any atom is 0.303 e. The number of hydrogen-bond donors (Lipinski definition) is 4. The molecule has 0 amide bonds. The van der Waals surface area contributed by atoms with Gasteiger partial charge in [-0.2, -0.15) is 0 Å². The van der Waals surface area contributed by atoms with E-state index in [-0.39, 0.29) is 12.8 Å². The molecule has 0 aliphatic heterocycles. The van der Waals surface area contributed by atoms with Crippen LogP contribution in [0.1, 0.15) is 78.1 Å². The number of carboxylic acids is 2. The molecule has 0 aromatic heterocycles. The van der Waals surface area contributed by atoms with Crippen molar-refractivity contribution in [3.63, 3.8) is 0 Å². The van der Waals surface area contributed by atoms with Gasteiger partial charge in [0.2, 0.25) is 0 Å². The van der Waals surface area contributed by atoms with Gasteiger partial charge in [-0.25, -0.2) is 0 Å². The second kappa shape index (κ2) is 24.9. The van der Waals surface area contributed by atoms with Crippen LogP contribution in [0.15, 0.2) is 0 Å².